The molecule has 3 nitrogen and oxygen atoms in total. The summed E-state index contributed by atoms with van der Waals surface area (Å²) in [6.45, 7) is -0.332. The second kappa shape index (κ2) is 9.06. The minimum absolute atomic E-state index is 0. The molecule has 0 aliphatic heterocycles. The monoisotopic (exact) mass is 104 g/mol. The van der Waals surface area contributed by atoms with E-state index in [1.807, 2.05) is 0 Å². The van der Waals surface area contributed by atoms with E-state index in [9.17, 15) is 0 Å². The van der Waals surface area contributed by atoms with Gasteiger partial charge < -0.3 is 15.7 Å². The van der Waals surface area contributed by atoms with Crippen LogP contribution in [-0.2, 0) is 0 Å². The molecule has 0 atom stereocenters. The molecule has 0 bridgehead atoms. The lowest BCUT2D eigenvalue weighted by Gasteiger charge is -1.66. The molecule has 0 aliphatic carbocycles. The lowest BCUT2D eigenvalue weighted by Crippen LogP contribution is -1.74. The summed E-state index contributed by atoms with van der Waals surface area (Å²) < 4.78 is 0. The summed E-state index contributed by atoms with van der Waals surface area (Å²) in [4.78, 5) is 0. The summed E-state index contributed by atoms with van der Waals surface area (Å²) in [7, 11) is 0. The molecular weight excluding hydrogens is 96.0 g/mol. The number of hydrogen-bond acceptors (Lipinski definition) is 2. The zero-order valence-electron chi connectivity index (χ0n) is 3.81. The number of rotatable bonds is 0. The van der Waals surface area contributed by atoms with Crippen LogP contribution in [0.5, 0.6) is 0 Å². The quantitative estimate of drug-likeness (QED) is 0.354. The van der Waals surface area contributed by atoms with Crippen LogP contribution in [0.2, 0.25) is 0 Å². The van der Waals surface area contributed by atoms with Crippen LogP contribution in [0, 0.1) is 11.8 Å². The summed E-state index contributed by atoms with van der Waals surface area (Å²) in [6, 6.07) is 0. The van der Waals surface area contributed by atoms with Crippen LogP contribution >= 0.6 is 0 Å². The molecule has 0 aromatic carbocycles. The first kappa shape index (κ1) is 9.67. The first-order valence-electron chi connectivity index (χ1n) is 1.59. The van der Waals surface area contributed by atoms with Crippen molar-refractivity contribution in [1.82, 2.24) is 0 Å². The molecule has 0 rings (SSSR count). The molecule has 3 heteroatoms. The average Bonchev–Trinajstić information content (AvgIpc) is 1.61. The summed E-state index contributed by atoms with van der Waals surface area (Å²) >= 11 is 0. The number of aliphatic hydroxyl groups excluding tert-OH is 2. The molecule has 0 unspecified atom stereocenters. The predicted molar refractivity (Wildman–Crippen MR) is 25.6 cm³/mol. The number of hydrogen-bond donors (Lipinski definition) is 2. The van der Waals surface area contributed by atoms with Crippen LogP contribution in [-0.4, -0.2) is 28.9 Å². The van der Waals surface area contributed by atoms with E-state index in [1.54, 1.807) is 0 Å². The molecule has 0 fully saturated rings. The normalized spacial score (nSPS) is 5.43. The molecule has 0 heterocycles. The van der Waals surface area contributed by atoms with E-state index in [4.69, 9.17) is 10.2 Å². The highest BCUT2D eigenvalue weighted by Gasteiger charge is 1.57. The predicted octanol–water partition coefficient (Wildman–Crippen LogP) is -1.85. The average molecular weight is 104 g/mol. The topological polar surface area (TPSA) is 72.0 Å². The Morgan fingerprint density at radius 3 is 1.43 bits per heavy atom. The molecule has 0 radical (unpaired) electrons. The second-order valence-electron chi connectivity index (χ2n) is 0.670. The minimum Gasteiger partial charge on any atom is -0.412 e. The first-order chi connectivity index (χ1) is 2.91. The van der Waals surface area contributed by atoms with Crippen molar-refractivity contribution in [1.29, 1.82) is 0 Å². The van der Waals surface area contributed by atoms with Gasteiger partial charge in [0.1, 0.15) is 13.2 Å². The summed E-state index contributed by atoms with van der Waals surface area (Å²) in [5.41, 5.74) is 0. The molecule has 0 aliphatic rings. The van der Waals surface area contributed by atoms with Crippen LogP contribution in [0.15, 0.2) is 0 Å². The van der Waals surface area contributed by atoms with Gasteiger partial charge in [-0.1, -0.05) is 11.8 Å². The van der Waals surface area contributed by atoms with Gasteiger partial charge in [-0.05, 0) is 0 Å². The smallest absolute Gasteiger partial charge is 0.104 e. The summed E-state index contributed by atoms with van der Waals surface area (Å²) in [5.74, 6) is 4.51. The Morgan fingerprint density at radius 1 is 1.00 bits per heavy atom. The van der Waals surface area contributed by atoms with E-state index in [0.29, 0.717) is 0 Å². The lowest BCUT2D eigenvalue weighted by molar-refractivity contribution is 0.342. The molecule has 0 aromatic heterocycles. The highest BCUT2D eigenvalue weighted by molar-refractivity contribution is 4.97. The van der Waals surface area contributed by atoms with E-state index in [-0.39, 0.29) is 18.7 Å². The Labute approximate surface area is 41.9 Å². The molecule has 7 heavy (non-hydrogen) atoms. The van der Waals surface area contributed by atoms with E-state index < -0.39 is 0 Å². The molecule has 0 aromatic rings. The first-order valence-corrected chi connectivity index (χ1v) is 1.59. The molecular formula is C4H8O3. The molecule has 4 N–H and O–H groups in total. The van der Waals surface area contributed by atoms with E-state index >= 15 is 0 Å². The molecule has 0 spiro atoms. The zero-order valence-corrected chi connectivity index (χ0v) is 3.81. The maximum atomic E-state index is 7.91. The van der Waals surface area contributed by atoms with Gasteiger partial charge in [0.15, 0.2) is 0 Å². The van der Waals surface area contributed by atoms with Crippen LogP contribution in [0.1, 0.15) is 0 Å². The fraction of sp³-hybridized carbons (Fsp3) is 0.500. The highest BCUT2D eigenvalue weighted by atomic mass is 16.3. The Bertz CT molecular complexity index is 60.7. The van der Waals surface area contributed by atoms with Gasteiger partial charge >= 0.3 is 0 Å². The largest absolute Gasteiger partial charge is 0.412 e. The van der Waals surface area contributed by atoms with Crippen molar-refractivity contribution in [2.24, 2.45) is 0 Å². The van der Waals surface area contributed by atoms with Crippen LogP contribution < -0.4 is 0 Å². The van der Waals surface area contributed by atoms with Gasteiger partial charge in [0.05, 0.1) is 0 Å². The Hall–Kier alpha value is -0.560. The van der Waals surface area contributed by atoms with Gasteiger partial charge in [0.25, 0.3) is 0 Å². The molecule has 0 amide bonds. The SMILES string of the molecule is O.OCC#CCO. The van der Waals surface area contributed by atoms with Crippen molar-refractivity contribution in [3.05, 3.63) is 0 Å². The van der Waals surface area contributed by atoms with Gasteiger partial charge in [-0.2, -0.15) is 0 Å². The van der Waals surface area contributed by atoms with Crippen molar-refractivity contribution < 1.29 is 15.7 Å². The maximum absolute atomic E-state index is 7.91. The van der Waals surface area contributed by atoms with Gasteiger partial charge in [-0.3, -0.25) is 0 Å². The molecule has 0 saturated heterocycles. The van der Waals surface area contributed by atoms with Gasteiger partial charge in [-0.15, -0.1) is 0 Å². The van der Waals surface area contributed by atoms with Crippen LogP contribution in [0.4, 0.5) is 0 Å². The third kappa shape index (κ3) is 10.8. The van der Waals surface area contributed by atoms with E-state index in [1.165, 1.54) is 0 Å². The highest BCUT2D eigenvalue weighted by Crippen LogP contribution is 1.48. The van der Waals surface area contributed by atoms with Gasteiger partial charge in [0, 0.05) is 0 Å². The van der Waals surface area contributed by atoms with Crippen molar-refractivity contribution in [3.8, 4) is 11.8 Å². The standard InChI is InChI=1S/C4H6O2.H2O/c5-3-1-2-4-6;/h5-6H,3-4H2;1H2. The van der Waals surface area contributed by atoms with Crippen molar-refractivity contribution in [2.45, 2.75) is 0 Å². The van der Waals surface area contributed by atoms with Crippen molar-refractivity contribution >= 4 is 0 Å². The Morgan fingerprint density at radius 2 is 1.29 bits per heavy atom. The molecule has 42 valence electrons. The summed E-state index contributed by atoms with van der Waals surface area (Å²) in [6.07, 6.45) is 0. The molecule has 0 saturated carbocycles. The maximum Gasteiger partial charge on any atom is 0.104 e. The third-order valence-electron chi connectivity index (χ3n) is 0.283. The zero-order chi connectivity index (χ0) is 4.83. The van der Waals surface area contributed by atoms with Gasteiger partial charge in [0.2, 0.25) is 0 Å². The fourth-order valence-electron chi connectivity index (χ4n) is 0.112. The van der Waals surface area contributed by atoms with E-state index in [2.05, 4.69) is 11.8 Å². The summed E-state index contributed by atoms with van der Waals surface area (Å²) in [5, 5.41) is 15.8. The van der Waals surface area contributed by atoms with Crippen LogP contribution in [0.3, 0.4) is 0 Å². The minimum atomic E-state index is -0.166. The number of aliphatic hydroxyl groups is 2. The lowest BCUT2D eigenvalue weighted by atomic mass is 10.6. The van der Waals surface area contributed by atoms with E-state index in [0.717, 1.165) is 0 Å². The Kier molecular flexibility index (Phi) is 12.5. The van der Waals surface area contributed by atoms with Crippen molar-refractivity contribution in [2.75, 3.05) is 13.2 Å². The fourth-order valence-corrected chi connectivity index (χ4v) is 0.112. The van der Waals surface area contributed by atoms with Gasteiger partial charge in [-0.25, -0.2) is 0 Å². The second-order valence-corrected chi connectivity index (χ2v) is 0.670. The Balaban J connectivity index is 0. The van der Waals surface area contributed by atoms with Crippen LogP contribution in [0.25, 0.3) is 0 Å². The third-order valence-corrected chi connectivity index (χ3v) is 0.283. The van der Waals surface area contributed by atoms with Crippen molar-refractivity contribution in [3.63, 3.8) is 0 Å².